The Labute approximate surface area is 130 Å². The third kappa shape index (κ3) is 3.57. The Morgan fingerprint density at radius 1 is 1.35 bits per heavy atom. The molecule has 1 aliphatic carbocycles. The Bertz CT molecular complexity index is 513. The smallest absolute Gasteiger partial charge is 0.293 e. The summed E-state index contributed by atoms with van der Waals surface area (Å²) < 4.78 is 13.9. The van der Waals surface area contributed by atoms with Crippen molar-refractivity contribution >= 4 is 34.0 Å². The predicted molar refractivity (Wildman–Crippen MR) is 84.2 cm³/mol. The summed E-state index contributed by atoms with van der Waals surface area (Å²) in [5.41, 5.74) is 6.21. The van der Waals surface area contributed by atoms with E-state index >= 15 is 0 Å². The van der Waals surface area contributed by atoms with Gasteiger partial charge in [-0.15, -0.1) is 0 Å². The number of benzene rings is 1. The summed E-state index contributed by atoms with van der Waals surface area (Å²) in [5.74, 6) is -0.458. The van der Waals surface area contributed by atoms with E-state index < -0.39 is 10.7 Å². The van der Waals surface area contributed by atoms with Crippen molar-refractivity contribution < 1.29 is 9.31 Å². The first kappa shape index (κ1) is 15.4. The number of nitro benzene ring substituents is 1. The lowest BCUT2D eigenvalue weighted by atomic mass is 10.0. The highest BCUT2D eigenvalue weighted by Crippen LogP contribution is 2.31. The van der Waals surface area contributed by atoms with Gasteiger partial charge < -0.3 is 11.1 Å². The minimum atomic E-state index is -0.494. The van der Waals surface area contributed by atoms with Gasteiger partial charge in [0.1, 0.15) is 11.5 Å². The van der Waals surface area contributed by atoms with Crippen molar-refractivity contribution in [2.45, 2.75) is 44.2 Å². The zero-order valence-electron chi connectivity index (χ0n) is 10.9. The lowest BCUT2D eigenvalue weighted by Crippen LogP contribution is -2.39. The summed E-state index contributed by atoms with van der Waals surface area (Å²) in [7, 11) is 0. The molecule has 1 saturated carbocycles. The molecule has 1 aromatic rings. The highest BCUT2D eigenvalue weighted by molar-refractivity contribution is 14.1. The number of hydrogen-bond acceptors (Lipinski definition) is 4. The molecule has 0 bridgehead atoms. The van der Waals surface area contributed by atoms with Crippen molar-refractivity contribution in [1.29, 1.82) is 0 Å². The highest BCUT2D eigenvalue weighted by atomic mass is 127. The fraction of sp³-hybridized carbons (Fsp3) is 0.538. The van der Waals surface area contributed by atoms with Crippen LogP contribution >= 0.6 is 22.6 Å². The van der Waals surface area contributed by atoms with Gasteiger partial charge in [-0.1, -0.05) is 19.3 Å². The van der Waals surface area contributed by atoms with Crippen LogP contribution in [0, 0.1) is 19.5 Å². The summed E-state index contributed by atoms with van der Waals surface area (Å²) in [6, 6.07) is 2.34. The number of rotatable bonds is 3. The first-order chi connectivity index (χ1) is 9.49. The van der Waals surface area contributed by atoms with Crippen LogP contribution in [0.15, 0.2) is 12.1 Å². The number of nitrogens with one attached hydrogen (secondary N) is 1. The second-order valence-electron chi connectivity index (χ2n) is 5.09. The number of nitrogens with two attached hydrogens (primary N) is 1. The summed E-state index contributed by atoms with van der Waals surface area (Å²) in [6.45, 7) is 0. The van der Waals surface area contributed by atoms with Crippen molar-refractivity contribution in [3.05, 3.63) is 31.6 Å². The number of anilines is 1. The lowest BCUT2D eigenvalue weighted by molar-refractivity contribution is -0.384. The average Bonchev–Trinajstić information content (AvgIpc) is 2.59. The predicted octanol–water partition coefficient (Wildman–Crippen LogP) is 3.41. The highest BCUT2D eigenvalue weighted by Gasteiger charge is 2.24. The molecule has 110 valence electrons. The van der Waals surface area contributed by atoms with Crippen LogP contribution in [-0.4, -0.2) is 17.0 Å². The second-order valence-corrected chi connectivity index (χ2v) is 6.26. The lowest BCUT2D eigenvalue weighted by Gasteiger charge is -2.23. The topological polar surface area (TPSA) is 81.2 Å². The van der Waals surface area contributed by atoms with Gasteiger partial charge in [0.05, 0.1) is 8.49 Å². The maximum atomic E-state index is 13.7. The van der Waals surface area contributed by atoms with Crippen LogP contribution in [0.5, 0.6) is 0 Å². The summed E-state index contributed by atoms with van der Waals surface area (Å²) in [5, 5.41) is 14.2. The normalized spacial score (nSPS) is 23.1. The van der Waals surface area contributed by atoms with Crippen LogP contribution in [0.4, 0.5) is 15.8 Å². The van der Waals surface area contributed by atoms with E-state index in [9.17, 15) is 14.5 Å². The van der Waals surface area contributed by atoms with E-state index in [1.807, 2.05) is 0 Å². The van der Waals surface area contributed by atoms with Crippen molar-refractivity contribution in [2.75, 3.05) is 5.32 Å². The van der Waals surface area contributed by atoms with Crippen molar-refractivity contribution in [3.8, 4) is 0 Å². The number of nitrogens with zero attached hydrogens (tertiary/aromatic N) is 1. The van der Waals surface area contributed by atoms with Crippen LogP contribution < -0.4 is 11.1 Å². The fourth-order valence-electron chi connectivity index (χ4n) is 2.52. The molecule has 0 spiro atoms. The van der Waals surface area contributed by atoms with Crippen molar-refractivity contribution in [3.63, 3.8) is 0 Å². The minimum Gasteiger partial charge on any atom is -0.375 e. The summed E-state index contributed by atoms with van der Waals surface area (Å²) in [4.78, 5) is 10.6. The van der Waals surface area contributed by atoms with Crippen LogP contribution in [0.3, 0.4) is 0 Å². The molecule has 1 fully saturated rings. The minimum absolute atomic E-state index is 0.0457. The molecule has 3 N–H and O–H groups in total. The molecule has 2 atom stereocenters. The van der Waals surface area contributed by atoms with Crippen LogP contribution in [0.1, 0.15) is 32.1 Å². The molecule has 1 aliphatic rings. The van der Waals surface area contributed by atoms with Gasteiger partial charge in [0.15, 0.2) is 0 Å². The SMILES string of the molecule is NC1CCCCCC1Nc1cc(F)c(I)cc1[N+](=O)[O-]. The molecular formula is C13H17FIN3O2. The van der Waals surface area contributed by atoms with Gasteiger partial charge in [-0.05, 0) is 35.4 Å². The van der Waals surface area contributed by atoms with Gasteiger partial charge in [0.2, 0.25) is 0 Å². The van der Waals surface area contributed by atoms with Gasteiger partial charge in [0.25, 0.3) is 5.69 Å². The first-order valence-corrected chi connectivity index (χ1v) is 7.72. The van der Waals surface area contributed by atoms with E-state index in [0.29, 0.717) is 0 Å². The van der Waals surface area contributed by atoms with Crippen LogP contribution in [0.2, 0.25) is 0 Å². The molecule has 0 aromatic heterocycles. The summed E-state index contributed by atoms with van der Waals surface area (Å²) in [6.07, 6.45) is 4.97. The maximum Gasteiger partial charge on any atom is 0.293 e. The fourth-order valence-corrected chi connectivity index (χ4v) is 2.97. The van der Waals surface area contributed by atoms with Gasteiger partial charge >= 0.3 is 0 Å². The molecule has 20 heavy (non-hydrogen) atoms. The molecule has 2 rings (SSSR count). The van der Waals surface area contributed by atoms with E-state index in [4.69, 9.17) is 5.73 Å². The maximum absolute atomic E-state index is 13.7. The molecule has 7 heteroatoms. The Hall–Kier alpha value is -0.960. The number of hydrogen-bond donors (Lipinski definition) is 2. The van der Waals surface area contributed by atoms with Gasteiger partial charge in [-0.3, -0.25) is 10.1 Å². The van der Waals surface area contributed by atoms with Crippen molar-refractivity contribution in [2.24, 2.45) is 5.73 Å². The number of halogens is 2. The molecule has 2 unspecified atom stereocenters. The van der Waals surface area contributed by atoms with E-state index in [1.165, 1.54) is 12.1 Å². The molecule has 0 aliphatic heterocycles. The zero-order chi connectivity index (χ0) is 14.7. The Morgan fingerprint density at radius 2 is 2.05 bits per heavy atom. The third-order valence-electron chi connectivity index (χ3n) is 3.65. The molecule has 1 aromatic carbocycles. The van der Waals surface area contributed by atoms with E-state index in [2.05, 4.69) is 5.32 Å². The molecular weight excluding hydrogens is 376 g/mol. The average molecular weight is 393 g/mol. The molecule has 0 radical (unpaired) electrons. The van der Waals surface area contributed by atoms with Gasteiger partial charge in [-0.25, -0.2) is 4.39 Å². The first-order valence-electron chi connectivity index (χ1n) is 6.64. The zero-order valence-corrected chi connectivity index (χ0v) is 13.1. The van der Waals surface area contributed by atoms with Crippen LogP contribution in [-0.2, 0) is 0 Å². The molecule has 0 saturated heterocycles. The quantitative estimate of drug-likeness (QED) is 0.357. The Kier molecular flexibility index (Phi) is 5.14. The van der Waals surface area contributed by atoms with E-state index in [0.717, 1.165) is 32.1 Å². The number of nitro groups is 1. The monoisotopic (exact) mass is 393 g/mol. The van der Waals surface area contributed by atoms with Gasteiger partial charge in [0, 0.05) is 24.2 Å². The second kappa shape index (κ2) is 6.66. The molecule has 0 amide bonds. The Morgan fingerprint density at radius 3 is 2.75 bits per heavy atom. The largest absolute Gasteiger partial charge is 0.375 e. The molecule has 5 nitrogen and oxygen atoms in total. The summed E-state index contributed by atoms with van der Waals surface area (Å²) >= 11 is 1.75. The van der Waals surface area contributed by atoms with E-state index in [1.54, 1.807) is 22.6 Å². The standard InChI is InChI=1S/C13H17FIN3O2/c14-8-6-12(13(18(19)20)7-9(8)15)17-11-5-3-1-2-4-10(11)16/h6-7,10-11,17H,1-5,16H2. The van der Waals surface area contributed by atoms with E-state index in [-0.39, 0.29) is 27.0 Å². The van der Waals surface area contributed by atoms with Crippen LogP contribution in [0.25, 0.3) is 0 Å². The van der Waals surface area contributed by atoms with Gasteiger partial charge in [-0.2, -0.15) is 0 Å². The Balaban J connectivity index is 2.27. The molecule has 0 heterocycles. The third-order valence-corrected chi connectivity index (χ3v) is 4.47. The van der Waals surface area contributed by atoms with Crippen molar-refractivity contribution in [1.82, 2.24) is 0 Å².